The van der Waals surface area contributed by atoms with Gasteiger partial charge in [0.15, 0.2) is 0 Å². The Kier molecular flexibility index (Phi) is 6.99. The van der Waals surface area contributed by atoms with Crippen LogP contribution in [-0.4, -0.2) is 41.8 Å². The van der Waals surface area contributed by atoms with Gasteiger partial charge in [0.2, 0.25) is 5.06 Å². The van der Waals surface area contributed by atoms with E-state index in [1.165, 1.54) is 0 Å². The number of esters is 1. The summed E-state index contributed by atoms with van der Waals surface area (Å²) >= 11 is 7.44. The van der Waals surface area contributed by atoms with E-state index in [1.54, 1.807) is 26.3 Å². The normalized spacial score (nSPS) is 11.0. The first-order valence-corrected chi connectivity index (χ1v) is 9.38. The summed E-state index contributed by atoms with van der Waals surface area (Å²) in [6.07, 6.45) is 1.73. The van der Waals surface area contributed by atoms with E-state index in [2.05, 4.69) is 9.37 Å². The van der Waals surface area contributed by atoms with Crippen LogP contribution in [0.2, 0.25) is 5.02 Å². The van der Waals surface area contributed by atoms with Crippen molar-refractivity contribution in [2.45, 2.75) is 27.7 Å². The number of carbonyl (C=O) groups is 1. The van der Waals surface area contributed by atoms with Crippen LogP contribution in [0.15, 0.2) is 17.1 Å². The van der Waals surface area contributed by atoms with E-state index in [9.17, 15) is 4.79 Å². The minimum absolute atomic E-state index is 0.289. The molecule has 0 amide bonds. The van der Waals surface area contributed by atoms with Crippen LogP contribution < -0.4 is 4.74 Å². The number of halogens is 1. The SMILES string of the molecule is CCOC(=O)c1c(C)nsc1Oc1cc(Cl)c(/N=C/N(C)CC)cc1C. The van der Waals surface area contributed by atoms with Gasteiger partial charge in [-0.25, -0.2) is 9.79 Å². The minimum Gasteiger partial charge on any atom is -0.462 e. The van der Waals surface area contributed by atoms with Gasteiger partial charge < -0.3 is 14.4 Å². The summed E-state index contributed by atoms with van der Waals surface area (Å²) in [6.45, 7) is 8.57. The highest BCUT2D eigenvalue weighted by molar-refractivity contribution is 7.08. The fraction of sp³-hybridized carbons (Fsp3) is 0.389. The Hall–Kier alpha value is -2.12. The van der Waals surface area contributed by atoms with Crippen LogP contribution in [0.25, 0.3) is 0 Å². The van der Waals surface area contributed by atoms with Crippen LogP contribution in [0, 0.1) is 13.8 Å². The number of benzene rings is 1. The molecule has 0 bridgehead atoms. The van der Waals surface area contributed by atoms with Crippen molar-refractivity contribution in [2.75, 3.05) is 20.2 Å². The second-order valence-electron chi connectivity index (χ2n) is 5.64. The second kappa shape index (κ2) is 9.00. The average Bonchev–Trinajstić information content (AvgIpc) is 2.96. The first-order valence-electron chi connectivity index (χ1n) is 8.23. The number of ether oxygens (including phenoxy) is 2. The van der Waals surface area contributed by atoms with Crippen LogP contribution >= 0.6 is 23.1 Å². The summed E-state index contributed by atoms with van der Waals surface area (Å²) in [5.74, 6) is 0.105. The Morgan fingerprint density at radius 1 is 1.38 bits per heavy atom. The molecular weight excluding hydrogens is 374 g/mol. The molecule has 6 nitrogen and oxygen atoms in total. The van der Waals surface area contributed by atoms with Gasteiger partial charge in [0.1, 0.15) is 11.3 Å². The summed E-state index contributed by atoms with van der Waals surface area (Å²) in [6, 6.07) is 3.54. The number of hydrogen-bond donors (Lipinski definition) is 0. The zero-order chi connectivity index (χ0) is 19.3. The lowest BCUT2D eigenvalue weighted by atomic mass is 10.2. The molecule has 0 saturated carbocycles. The largest absolute Gasteiger partial charge is 0.462 e. The van der Waals surface area contributed by atoms with E-state index in [-0.39, 0.29) is 6.61 Å². The van der Waals surface area contributed by atoms with E-state index < -0.39 is 5.97 Å². The molecule has 26 heavy (non-hydrogen) atoms. The van der Waals surface area contributed by atoms with Crippen molar-refractivity contribution < 1.29 is 14.3 Å². The van der Waals surface area contributed by atoms with Crippen molar-refractivity contribution in [2.24, 2.45) is 4.99 Å². The molecule has 1 aromatic carbocycles. The molecule has 0 atom stereocenters. The molecule has 0 radical (unpaired) electrons. The van der Waals surface area contributed by atoms with Gasteiger partial charge in [0.05, 0.1) is 29.3 Å². The minimum atomic E-state index is -0.443. The molecule has 0 saturated heterocycles. The van der Waals surface area contributed by atoms with Crippen molar-refractivity contribution in [1.29, 1.82) is 0 Å². The van der Waals surface area contributed by atoms with E-state index in [1.807, 2.05) is 31.9 Å². The first kappa shape index (κ1) is 20.2. The maximum atomic E-state index is 12.1. The molecule has 0 fully saturated rings. The van der Waals surface area contributed by atoms with E-state index >= 15 is 0 Å². The molecule has 0 aliphatic carbocycles. The quantitative estimate of drug-likeness (QED) is 0.375. The van der Waals surface area contributed by atoms with Crippen molar-refractivity contribution in [3.8, 4) is 10.8 Å². The zero-order valence-electron chi connectivity index (χ0n) is 15.5. The van der Waals surface area contributed by atoms with Crippen molar-refractivity contribution in [3.63, 3.8) is 0 Å². The molecule has 1 heterocycles. The van der Waals surface area contributed by atoms with Crippen LogP contribution in [-0.2, 0) is 4.74 Å². The molecule has 2 aromatic rings. The van der Waals surface area contributed by atoms with Crippen molar-refractivity contribution in [3.05, 3.63) is 34.0 Å². The lowest BCUT2D eigenvalue weighted by molar-refractivity contribution is 0.0523. The third-order valence-electron chi connectivity index (χ3n) is 3.65. The summed E-state index contributed by atoms with van der Waals surface area (Å²) < 4.78 is 15.2. The highest BCUT2D eigenvalue weighted by atomic mass is 35.5. The maximum Gasteiger partial charge on any atom is 0.344 e. The number of nitrogens with zero attached hydrogens (tertiary/aromatic N) is 3. The highest BCUT2D eigenvalue weighted by Gasteiger charge is 2.22. The smallest absolute Gasteiger partial charge is 0.344 e. The van der Waals surface area contributed by atoms with Crippen molar-refractivity contribution in [1.82, 2.24) is 9.27 Å². The Morgan fingerprint density at radius 2 is 2.12 bits per heavy atom. The predicted molar refractivity (Wildman–Crippen MR) is 106 cm³/mol. The number of aromatic nitrogens is 1. The van der Waals surface area contributed by atoms with Crippen LogP contribution in [0.5, 0.6) is 10.8 Å². The second-order valence-corrected chi connectivity index (χ2v) is 6.78. The molecule has 0 unspecified atom stereocenters. The first-order chi connectivity index (χ1) is 12.4. The van der Waals surface area contributed by atoms with Gasteiger partial charge >= 0.3 is 5.97 Å². The molecular formula is C18H22ClN3O3S. The van der Waals surface area contributed by atoms with E-state index in [0.29, 0.717) is 32.8 Å². The van der Waals surface area contributed by atoms with Gasteiger partial charge in [-0.3, -0.25) is 0 Å². The van der Waals surface area contributed by atoms with Gasteiger partial charge in [-0.05, 0) is 39.3 Å². The van der Waals surface area contributed by atoms with Gasteiger partial charge in [-0.1, -0.05) is 11.6 Å². The Labute approximate surface area is 162 Å². The number of aliphatic imine (C=N–C) groups is 1. The van der Waals surface area contributed by atoms with Gasteiger partial charge in [0.25, 0.3) is 0 Å². The third kappa shape index (κ3) is 4.74. The standard InChI is InChI=1S/C18H22ClN3O3S/c1-6-22(5)10-20-14-8-11(3)15(9-13(14)19)25-18-16(12(4)21-26-18)17(23)24-7-2/h8-10H,6-7H2,1-5H3/b20-10+. The lowest BCUT2D eigenvalue weighted by Crippen LogP contribution is -2.14. The summed E-state index contributed by atoms with van der Waals surface area (Å²) in [4.78, 5) is 18.5. The molecule has 0 spiro atoms. The summed E-state index contributed by atoms with van der Waals surface area (Å²) in [5.41, 5.74) is 2.43. The monoisotopic (exact) mass is 395 g/mol. The Balaban J connectivity index is 2.30. The Bertz CT molecular complexity index is 820. The number of carbonyl (C=O) groups excluding carboxylic acids is 1. The zero-order valence-corrected chi connectivity index (χ0v) is 17.1. The lowest BCUT2D eigenvalue weighted by Gasteiger charge is -2.12. The highest BCUT2D eigenvalue weighted by Crippen LogP contribution is 2.38. The van der Waals surface area contributed by atoms with Crippen LogP contribution in [0.1, 0.15) is 35.5 Å². The molecule has 0 N–H and O–H groups in total. The van der Waals surface area contributed by atoms with Crippen LogP contribution in [0.4, 0.5) is 5.69 Å². The number of rotatable bonds is 7. The van der Waals surface area contributed by atoms with Gasteiger partial charge in [0, 0.05) is 31.2 Å². The van der Waals surface area contributed by atoms with Gasteiger partial charge in [-0.2, -0.15) is 4.37 Å². The van der Waals surface area contributed by atoms with E-state index in [4.69, 9.17) is 21.1 Å². The number of aryl methyl sites for hydroxylation is 2. The van der Waals surface area contributed by atoms with Gasteiger partial charge in [-0.15, -0.1) is 0 Å². The molecule has 0 aliphatic heterocycles. The summed E-state index contributed by atoms with van der Waals surface area (Å²) in [7, 11) is 1.94. The fourth-order valence-corrected chi connectivity index (χ4v) is 3.02. The molecule has 0 aliphatic rings. The topological polar surface area (TPSA) is 64.0 Å². The number of hydrogen-bond acceptors (Lipinski definition) is 6. The fourth-order valence-electron chi connectivity index (χ4n) is 2.05. The maximum absolute atomic E-state index is 12.1. The average molecular weight is 396 g/mol. The molecule has 2 rings (SSSR count). The molecule has 1 aromatic heterocycles. The third-order valence-corrected chi connectivity index (χ3v) is 4.77. The molecule has 140 valence electrons. The Morgan fingerprint density at radius 3 is 2.77 bits per heavy atom. The molecule has 8 heteroatoms. The predicted octanol–water partition coefficient (Wildman–Crippen LogP) is 4.99. The van der Waals surface area contributed by atoms with E-state index in [0.717, 1.165) is 23.6 Å². The van der Waals surface area contributed by atoms with Crippen molar-refractivity contribution >= 4 is 41.1 Å². The summed E-state index contributed by atoms with van der Waals surface area (Å²) in [5, 5.41) is 0.854. The van der Waals surface area contributed by atoms with Crippen LogP contribution in [0.3, 0.4) is 0 Å².